The molecule has 2 aromatic heterocycles. The maximum atomic E-state index is 12.9. The molecule has 2 heterocycles. The SMILES string of the molecule is COCC(=O)Nc1cccc(-c2nc(CNC(=O)c3c4c(nn3C)CCCC4)c(C)o2)c1. The van der Waals surface area contributed by atoms with Crippen molar-refractivity contribution in [3.8, 4) is 11.5 Å². The third-order valence-electron chi connectivity index (χ3n) is 5.51. The molecular formula is C23H27N5O4. The Morgan fingerprint density at radius 2 is 2.06 bits per heavy atom. The molecule has 1 aliphatic carbocycles. The monoisotopic (exact) mass is 437 g/mol. The smallest absolute Gasteiger partial charge is 0.270 e. The maximum Gasteiger partial charge on any atom is 0.270 e. The van der Waals surface area contributed by atoms with E-state index < -0.39 is 0 Å². The van der Waals surface area contributed by atoms with E-state index in [2.05, 4.69) is 20.7 Å². The number of fused-ring (bicyclic) bond motifs is 1. The zero-order valence-corrected chi connectivity index (χ0v) is 18.5. The molecule has 0 unspecified atom stereocenters. The number of anilines is 1. The van der Waals surface area contributed by atoms with E-state index in [-0.39, 0.29) is 25.0 Å². The molecule has 0 bridgehead atoms. The molecule has 32 heavy (non-hydrogen) atoms. The van der Waals surface area contributed by atoms with Gasteiger partial charge in [-0.25, -0.2) is 4.98 Å². The van der Waals surface area contributed by atoms with Crippen molar-refractivity contribution in [1.82, 2.24) is 20.1 Å². The number of benzene rings is 1. The zero-order valence-electron chi connectivity index (χ0n) is 18.5. The van der Waals surface area contributed by atoms with Crippen LogP contribution in [0.25, 0.3) is 11.5 Å². The Bertz CT molecular complexity index is 1150. The van der Waals surface area contributed by atoms with Crippen LogP contribution in [-0.4, -0.2) is 40.3 Å². The average Bonchev–Trinajstić information content (AvgIpc) is 3.31. The highest BCUT2D eigenvalue weighted by Crippen LogP contribution is 2.26. The van der Waals surface area contributed by atoms with Crippen LogP contribution in [0.15, 0.2) is 28.7 Å². The molecule has 9 nitrogen and oxygen atoms in total. The third-order valence-corrected chi connectivity index (χ3v) is 5.51. The molecule has 1 aliphatic rings. The van der Waals surface area contributed by atoms with Crippen molar-refractivity contribution in [2.45, 2.75) is 39.2 Å². The summed E-state index contributed by atoms with van der Waals surface area (Å²) in [5.74, 6) is 0.651. The fourth-order valence-electron chi connectivity index (χ4n) is 3.99. The molecule has 0 spiro atoms. The summed E-state index contributed by atoms with van der Waals surface area (Å²) < 4.78 is 12.3. The van der Waals surface area contributed by atoms with Crippen molar-refractivity contribution >= 4 is 17.5 Å². The first-order valence-corrected chi connectivity index (χ1v) is 10.6. The van der Waals surface area contributed by atoms with E-state index in [9.17, 15) is 9.59 Å². The first-order chi connectivity index (χ1) is 15.5. The number of methoxy groups -OCH3 is 1. The van der Waals surface area contributed by atoms with Gasteiger partial charge in [0.2, 0.25) is 11.8 Å². The lowest BCUT2D eigenvalue weighted by Gasteiger charge is -2.11. The number of hydrogen-bond acceptors (Lipinski definition) is 6. The lowest BCUT2D eigenvalue weighted by atomic mass is 9.95. The standard InChI is InChI=1S/C23H27N5O4/c1-14-19(12-24-22(30)21-17-9-4-5-10-18(17)27-28(21)2)26-23(32-14)15-7-6-8-16(11-15)25-20(29)13-31-3/h6-8,11H,4-5,9-10,12-13H2,1-3H3,(H,24,30)(H,25,29). The lowest BCUT2D eigenvalue weighted by molar-refractivity contribution is -0.119. The topological polar surface area (TPSA) is 111 Å². The van der Waals surface area contributed by atoms with Crippen LogP contribution in [0.3, 0.4) is 0 Å². The molecule has 0 aliphatic heterocycles. The van der Waals surface area contributed by atoms with E-state index in [0.717, 1.165) is 42.5 Å². The second-order valence-corrected chi connectivity index (χ2v) is 7.87. The van der Waals surface area contributed by atoms with E-state index in [4.69, 9.17) is 9.15 Å². The molecule has 0 radical (unpaired) electrons. The van der Waals surface area contributed by atoms with Gasteiger partial charge in [0.15, 0.2) is 0 Å². The summed E-state index contributed by atoms with van der Waals surface area (Å²) in [7, 11) is 3.28. The molecule has 9 heteroatoms. The largest absolute Gasteiger partial charge is 0.441 e. The van der Waals surface area contributed by atoms with Gasteiger partial charge in [-0.15, -0.1) is 0 Å². The minimum absolute atomic E-state index is 0.0218. The Hall–Kier alpha value is -3.46. The summed E-state index contributed by atoms with van der Waals surface area (Å²) >= 11 is 0. The summed E-state index contributed by atoms with van der Waals surface area (Å²) in [5, 5.41) is 10.2. The van der Waals surface area contributed by atoms with Crippen molar-refractivity contribution < 1.29 is 18.7 Å². The van der Waals surface area contributed by atoms with Gasteiger partial charge >= 0.3 is 0 Å². The highest BCUT2D eigenvalue weighted by Gasteiger charge is 2.24. The molecule has 1 aromatic carbocycles. The molecule has 0 fully saturated rings. The van der Waals surface area contributed by atoms with Gasteiger partial charge in [0.05, 0.1) is 12.2 Å². The van der Waals surface area contributed by atoms with Crippen molar-refractivity contribution in [3.05, 3.63) is 52.7 Å². The average molecular weight is 438 g/mol. The maximum absolute atomic E-state index is 12.9. The highest BCUT2D eigenvalue weighted by molar-refractivity contribution is 5.94. The minimum atomic E-state index is -0.242. The van der Waals surface area contributed by atoms with Gasteiger partial charge < -0.3 is 19.8 Å². The number of nitrogens with zero attached hydrogens (tertiary/aromatic N) is 3. The summed E-state index contributed by atoms with van der Waals surface area (Å²) in [5.41, 5.74) is 4.71. The van der Waals surface area contributed by atoms with Crippen molar-refractivity contribution in [2.24, 2.45) is 7.05 Å². The third kappa shape index (κ3) is 4.57. The minimum Gasteiger partial charge on any atom is -0.441 e. The number of rotatable bonds is 7. The number of oxazole rings is 1. The first kappa shape index (κ1) is 21.8. The number of carbonyl (C=O) groups is 2. The first-order valence-electron chi connectivity index (χ1n) is 10.6. The van der Waals surface area contributed by atoms with Crippen LogP contribution in [0, 0.1) is 6.92 Å². The number of amides is 2. The molecule has 0 saturated heterocycles. The van der Waals surface area contributed by atoms with Gasteiger partial charge in [-0.05, 0) is 50.8 Å². The second kappa shape index (κ2) is 9.35. The van der Waals surface area contributed by atoms with Gasteiger partial charge in [-0.2, -0.15) is 5.10 Å². The Labute approximate surface area is 186 Å². The van der Waals surface area contributed by atoms with Crippen LogP contribution in [0.1, 0.15) is 46.0 Å². The zero-order chi connectivity index (χ0) is 22.7. The van der Waals surface area contributed by atoms with Crippen molar-refractivity contribution in [1.29, 1.82) is 0 Å². The summed E-state index contributed by atoms with van der Waals surface area (Å²) in [6, 6.07) is 7.22. The molecule has 168 valence electrons. The van der Waals surface area contributed by atoms with Crippen LogP contribution in [0.4, 0.5) is 5.69 Å². The predicted octanol–water partition coefficient (Wildman–Crippen LogP) is 2.78. The predicted molar refractivity (Wildman–Crippen MR) is 118 cm³/mol. The van der Waals surface area contributed by atoms with Gasteiger partial charge in [-0.1, -0.05) is 6.07 Å². The Kier molecular flexibility index (Phi) is 6.36. The van der Waals surface area contributed by atoms with Crippen LogP contribution in [-0.2, 0) is 36.0 Å². The Morgan fingerprint density at radius 3 is 2.88 bits per heavy atom. The van der Waals surface area contributed by atoms with Crippen LogP contribution in [0.2, 0.25) is 0 Å². The van der Waals surface area contributed by atoms with Crippen molar-refractivity contribution in [2.75, 3.05) is 19.0 Å². The van der Waals surface area contributed by atoms with Crippen LogP contribution in [0.5, 0.6) is 0 Å². The van der Waals surface area contributed by atoms with Gasteiger partial charge in [0, 0.05) is 31.0 Å². The molecular weight excluding hydrogens is 410 g/mol. The number of aryl methyl sites for hydroxylation is 3. The van der Waals surface area contributed by atoms with Crippen molar-refractivity contribution in [3.63, 3.8) is 0 Å². The quantitative estimate of drug-likeness (QED) is 0.588. The number of carbonyl (C=O) groups excluding carboxylic acids is 2. The molecule has 0 saturated carbocycles. The molecule has 2 amide bonds. The normalized spacial score (nSPS) is 13.0. The van der Waals surface area contributed by atoms with Crippen LogP contribution >= 0.6 is 0 Å². The van der Waals surface area contributed by atoms with Gasteiger partial charge in [0.1, 0.15) is 23.8 Å². The fraction of sp³-hybridized carbons (Fsp3) is 0.391. The second-order valence-electron chi connectivity index (χ2n) is 7.87. The van der Waals surface area contributed by atoms with E-state index in [0.29, 0.717) is 28.7 Å². The Morgan fingerprint density at radius 1 is 1.25 bits per heavy atom. The molecule has 4 rings (SSSR count). The molecule has 2 N–H and O–H groups in total. The van der Waals surface area contributed by atoms with E-state index >= 15 is 0 Å². The number of aromatic nitrogens is 3. The van der Waals surface area contributed by atoms with Gasteiger partial charge in [0.25, 0.3) is 5.91 Å². The molecule has 3 aromatic rings. The fourth-order valence-corrected chi connectivity index (χ4v) is 3.99. The van der Waals surface area contributed by atoms with E-state index in [1.165, 1.54) is 7.11 Å². The highest BCUT2D eigenvalue weighted by atomic mass is 16.5. The summed E-state index contributed by atoms with van der Waals surface area (Å²) in [6.45, 7) is 2.04. The number of hydrogen-bond donors (Lipinski definition) is 2. The summed E-state index contributed by atoms with van der Waals surface area (Å²) in [6.07, 6.45) is 4.00. The Balaban J connectivity index is 1.46. The number of ether oxygens (including phenoxy) is 1. The van der Waals surface area contributed by atoms with Gasteiger partial charge in [-0.3, -0.25) is 14.3 Å². The summed E-state index contributed by atoms with van der Waals surface area (Å²) in [4.78, 5) is 29.2. The lowest BCUT2D eigenvalue weighted by Crippen LogP contribution is -2.27. The van der Waals surface area contributed by atoms with E-state index in [1.54, 1.807) is 16.8 Å². The van der Waals surface area contributed by atoms with Crippen LogP contribution < -0.4 is 10.6 Å². The molecule has 0 atom stereocenters. The van der Waals surface area contributed by atoms with E-state index in [1.807, 2.05) is 26.1 Å². The number of nitrogens with one attached hydrogen (secondary N) is 2.